The molecule has 0 radical (unpaired) electrons. The summed E-state index contributed by atoms with van der Waals surface area (Å²) < 4.78 is 26.5. The molecule has 2 nitrogen and oxygen atoms in total. The third kappa shape index (κ3) is 3.51. The maximum atomic E-state index is 13.6. The molecule has 0 spiro atoms. The van der Waals surface area contributed by atoms with E-state index in [1.54, 1.807) is 6.07 Å². The lowest BCUT2D eigenvalue weighted by molar-refractivity contribution is 0.131. The molecule has 2 rings (SSSR count). The summed E-state index contributed by atoms with van der Waals surface area (Å²) in [7, 11) is 2.00. The molecule has 0 saturated carbocycles. The fourth-order valence-electron chi connectivity index (χ4n) is 2.94. The molecule has 1 aliphatic heterocycles. The van der Waals surface area contributed by atoms with Crippen LogP contribution in [0.1, 0.15) is 25.3 Å². The van der Waals surface area contributed by atoms with Gasteiger partial charge in [0.05, 0.1) is 0 Å². The Hall–Kier alpha value is -1.00. The molecular formula is C15H22F2N2. The molecule has 1 N–H and O–H groups in total. The second-order valence-corrected chi connectivity index (χ2v) is 5.32. The number of piperidine rings is 1. The van der Waals surface area contributed by atoms with Gasteiger partial charge in [-0.2, -0.15) is 0 Å². The van der Waals surface area contributed by atoms with E-state index >= 15 is 0 Å². The van der Waals surface area contributed by atoms with Crippen molar-refractivity contribution in [2.45, 2.75) is 32.4 Å². The number of rotatable bonds is 4. The molecule has 1 aromatic carbocycles. The number of hydrogen-bond donors (Lipinski definition) is 1. The van der Waals surface area contributed by atoms with E-state index in [0.29, 0.717) is 24.1 Å². The van der Waals surface area contributed by atoms with Crippen LogP contribution in [0.25, 0.3) is 0 Å². The van der Waals surface area contributed by atoms with E-state index in [1.807, 2.05) is 7.05 Å². The predicted molar refractivity (Wildman–Crippen MR) is 72.9 cm³/mol. The zero-order valence-electron chi connectivity index (χ0n) is 11.6. The van der Waals surface area contributed by atoms with Crippen LogP contribution in [-0.2, 0) is 6.54 Å². The highest BCUT2D eigenvalue weighted by molar-refractivity contribution is 5.18. The summed E-state index contributed by atoms with van der Waals surface area (Å²) in [6.45, 7) is 4.69. The first-order valence-electron chi connectivity index (χ1n) is 6.97. The Labute approximate surface area is 113 Å². The van der Waals surface area contributed by atoms with E-state index in [-0.39, 0.29) is 0 Å². The smallest absolute Gasteiger partial charge is 0.130 e. The Balaban J connectivity index is 2.00. The van der Waals surface area contributed by atoms with Crippen LogP contribution in [0.4, 0.5) is 8.78 Å². The molecule has 0 aliphatic carbocycles. The summed E-state index contributed by atoms with van der Waals surface area (Å²) in [5, 5.41) is 3.36. The maximum Gasteiger partial charge on any atom is 0.130 e. The van der Waals surface area contributed by atoms with Gasteiger partial charge in [-0.25, -0.2) is 8.78 Å². The highest BCUT2D eigenvalue weighted by Crippen LogP contribution is 2.22. The lowest BCUT2D eigenvalue weighted by Gasteiger charge is -2.38. The van der Waals surface area contributed by atoms with Crippen LogP contribution in [0.15, 0.2) is 18.2 Å². The van der Waals surface area contributed by atoms with E-state index in [9.17, 15) is 8.78 Å². The fraction of sp³-hybridized carbons (Fsp3) is 0.600. The van der Waals surface area contributed by atoms with E-state index in [1.165, 1.54) is 6.07 Å². The van der Waals surface area contributed by atoms with Gasteiger partial charge in [0.1, 0.15) is 11.6 Å². The molecule has 0 aromatic heterocycles. The van der Waals surface area contributed by atoms with Gasteiger partial charge in [-0.3, -0.25) is 4.90 Å². The Morgan fingerprint density at radius 1 is 1.37 bits per heavy atom. The molecule has 1 fully saturated rings. The van der Waals surface area contributed by atoms with Crippen LogP contribution in [-0.4, -0.2) is 31.1 Å². The number of halogens is 2. The van der Waals surface area contributed by atoms with Crippen molar-refractivity contribution in [1.82, 2.24) is 10.2 Å². The summed E-state index contributed by atoms with van der Waals surface area (Å²) in [5.41, 5.74) is 0.583. The Morgan fingerprint density at radius 3 is 2.79 bits per heavy atom. The number of nitrogens with one attached hydrogen (secondary N) is 1. The van der Waals surface area contributed by atoms with Crippen molar-refractivity contribution < 1.29 is 8.78 Å². The lowest BCUT2D eigenvalue weighted by atomic mass is 9.90. The van der Waals surface area contributed by atoms with Crippen LogP contribution < -0.4 is 5.32 Å². The zero-order valence-corrected chi connectivity index (χ0v) is 11.6. The van der Waals surface area contributed by atoms with Crippen molar-refractivity contribution in [3.05, 3.63) is 35.4 Å². The molecule has 106 valence electrons. The van der Waals surface area contributed by atoms with Gasteiger partial charge >= 0.3 is 0 Å². The largest absolute Gasteiger partial charge is 0.317 e. The van der Waals surface area contributed by atoms with Crippen molar-refractivity contribution in [2.24, 2.45) is 5.92 Å². The van der Waals surface area contributed by atoms with E-state index in [0.717, 1.165) is 32.0 Å². The number of benzene rings is 1. The first kappa shape index (κ1) is 14.4. The zero-order chi connectivity index (χ0) is 13.8. The monoisotopic (exact) mass is 268 g/mol. The van der Waals surface area contributed by atoms with Crippen LogP contribution in [0, 0.1) is 17.6 Å². The summed E-state index contributed by atoms with van der Waals surface area (Å²) in [4.78, 5) is 2.26. The summed E-state index contributed by atoms with van der Waals surface area (Å²) in [6.07, 6.45) is 2.20. The topological polar surface area (TPSA) is 15.3 Å². The van der Waals surface area contributed by atoms with Gasteiger partial charge in [-0.1, -0.05) is 19.4 Å². The average Bonchev–Trinajstić information content (AvgIpc) is 2.41. The number of nitrogens with zero attached hydrogens (tertiary/aromatic N) is 1. The van der Waals surface area contributed by atoms with Crippen LogP contribution in [0.3, 0.4) is 0 Å². The predicted octanol–water partition coefficient (Wildman–Crippen LogP) is 2.78. The van der Waals surface area contributed by atoms with Crippen LogP contribution in [0.5, 0.6) is 0 Å². The molecule has 1 aromatic rings. The molecule has 1 aliphatic rings. The molecular weight excluding hydrogens is 246 g/mol. The van der Waals surface area contributed by atoms with Gasteiger partial charge < -0.3 is 5.32 Å². The van der Waals surface area contributed by atoms with Gasteiger partial charge in [0.2, 0.25) is 0 Å². The van der Waals surface area contributed by atoms with Crippen molar-refractivity contribution in [3.63, 3.8) is 0 Å². The quantitative estimate of drug-likeness (QED) is 0.903. The Kier molecular flexibility index (Phi) is 4.88. The molecule has 1 heterocycles. The minimum atomic E-state index is -0.512. The third-order valence-electron chi connectivity index (χ3n) is 4.12. The van der Waals surface area contributed by atoms with E-state index in [4.69, 9.17) is 0 Å². The maximum absolute atomic E-state index is 13.6. The van der Waals surface area contributed by atoms with Gasteiger partial charge in [0, 0.05) is 30.8 Å². The standard InChI is InChI=1S/C15H22F2N2/c1-3-11-9-19(7-6-15(11)18-2)10-12-4-5-13(16)8-14(12)17/h4-5,8,11,15,18H,3,6-7,9-10H2,1-2H3. The van der Waals surface area contributed by atoms with Crippen molar-refractivity contribution in [3.8, 4) is 0 Å². The number of likely N-dealkylation sites (tertiary alicyclic amines) is 1. The highest BCUT2D eigenvalue weighted by Gasteiger charge is 2.27. The summed E-state index contributed by atoms with van der Waals surface area (Å²) >= 11 is 0. The summed E-state index contributed by atoms with van der Waals surface area (Å²) in [6, 6.07) is 4.40. The summed E-state index contributed by atoms with van der Waals surface area (Å²) in [5.74, 6) is -0.354. The lowest BCUT2D eigenvalue weighted by Crippen LogP contribution is -2.47. The van der Waals surface area contributed by atoms with E-state index in [2.05, 4.69) is 17.1 Å². The Bertz CT molecular complexity index is 423. The first-order valence-corrected chi connectivity index (χ1v) is 6.97. The molecule has 2 atom stereocenters. The van der Waals surface area contributed by atoms with Crippen LogP contribution >= 0.6 is 0 Å². The highest BCUT2D eigenvalue weighted by atomic mass is 19.1. The van der Waals surface area contributed by atoms with Gasteiger partial charge in [0.25, 0.3) is 0 Å². The van der Waals surface area contributed by atoms with Gasteiger partial charge in [-0.15, -0.1) is 0 Å². The second-order valence-electron chi connectivity index (χ2n) is 5.32. The van der Waals surface area contributed by atoms with Crippen LogP contribution in [0.2, 0.25) is 0 Å². The van der Waals surface area contributed by atoms with Gasteiger partial charge in [-0.05, 0) is 32.0 Å². The molecule has 19 heavy (non-hydrogen) atoms. The van der Waals surface area contributed by atoms with Crippen molar-refractivity contribution in [1.29, 1.82) is 0 Å². The number of hydrogen-bond acceptors (Lipinski definition) is 2. The van der Waals surface area contributed by atoms with Crippen molar-refractivity contribution in [2.75, 3.05) is 20.1 Å². The fourth-order valence-corrected chi connectivity index (χ4v) is 2.94. The Morgan fingerprint density at radius 2 is 2.16 bits per heavy atom. The molecule has 0 amide bonds. The molecule has 2 unspecified atom stereocenters. The second kappa shape index (κ2) is 6.44. The molecule has 0 bridgehead atoms. The first-order chi connectivity index (χ1) is 9.13. The molecule has 4 heteroatoms. The average molecular weight is 268 g/mol. The van der Waals surface area contributed by atoms with E-state index < -0.39 is 11.6 Å². The van der Waals surface area contributed by atoms with Crippen molar-refractivity contribution >= 4 is 0 Å². The SMILES string of the molecule is CCC1CN(Cc2ccc(F)cc2F)CCC1NC. The molecule has 1 saturated heterocycles. The van der Waals surface area contributed by atoms with Gasteiger partial charge in [0.15, 0.2) is 0 Å². The third-order valence-corrected chi connectivity index (χ3v) is 4.12. The normalized spacial score (nSPS) is 24.6. The minimum Gasteiger partial charge on any atom is -0.317 e. The minimum absolute atomic E-state index is 0.441.